The van der Waals surface area contributed by atoms with E-state index in [9.17, 15) is 18.0 Å². The number of aromatic nitrogens is 1. The van der Waals surface area contributed by atoms with Crippen molar-refractivity contribution >= 4 is 11.6 Å². The fraction of sp³-hybridized carbons (Fsp3) is 0.700. The zero-order valence-corrected chi connectivity index (χ0v) is 15.7. The summed E-state index contributed by atoms with van der Waals surface area (Å²) in [6.07, 6.45) is 10.1. The molecule has 0 fully saturated rings. The van der Waals surface area contributed by atoms with Gasteiger partial charge in [0.15, 0.2) is 0 Å². The summed E-state index contributed by atoms with van der Waals surface area (Å²) in [6, 6.07) is 2.23. The number of carbonyl (C=O) groups excluding carboxylic acids is 1. The molecule has 3 nitrogen and oxygen atoms in total. The van der Waals surface area contributed by atoms with Crippen molar-refractivity contribution in [1.82, 2.24) is 4.98 Å². The molecule has 1 aromatic rings. The second-order valence-electron chi connectivity index (χ2n) is 6.76. The summed E-state index contributed by atoms with van der Waals surface area (Å²) in [5, 5.41) is 2.51. The summed E-state index contributed by atoms with van der Waals surface area (Å²) in [6.45, 7) is 2.22. The van der Waals surface area contributed by atoms with Crippen molar-refractivity contribution in [2.45, 2.75) is 90.1 Å². The van der Waals surface area contributed by atoms with Crippen LogP contribution in [0.4, 0.5) is 18.9 Å². The van der Waals surface area contributed by atoms with Gasteiger partial charge in [-0.15, -0.1) is 0 Å². The second kappa shape index (κ2) is 12.7. The van der Waals surface area contributed by atoms with Crippen LogP contribution in [-0.4, -0.2) is 10.9 Å². The van der Waals surface area contributed by atoms with Gasteiger partial charge in [-0.05, 0) is 18.6 Å². The van der Waals surface area contributed by atoms with Gasteiger partial charge in [0, 0.05) is 18.3 Å². The molecule has 0 saturated carbocycles. The van der Waals surface area contributed by atoms with Crippen LogP contribution in [0.2, 0.25) is 0 Å². The van der Waals surface area contributed by atoms with Crippen LogP contribution in [0, 0.1) is 0 Å². The van der Waals surface area contributed by atoms with Crippen molar-refractivity contribution in [1.29, 1.82) is 0 Å². The van der Waals surface area contributed by atoms with Gasteiger partial charge in [-0.25, -0.2) is 0 Å². The van der Waals surface area contributed by atoms with Gasteiger partial charge in [-0.2, -0.15) is 13.2 Å². The first-order chi connectivity index (χ1) is 12.4. The SMILES string of the molecule is CCCCCCCCCCCCCC(=O)Nc1ccnc(C(F)(F)F)c1. The topological polar surface area (TPSA) is 42.0 Å². The standard InChI is InChI=1S/C20H31F3N2O/c1-2-3-4-5-6-7-8-9-10-11-12-13-19(26)25-17-14-15-24-18(16-17)20(21,22)23/h14-16H,2-13H2,1H3,(H,24,25,26). The largest absolute Gasteiger partial charge is 0.433 e. The van der Waals surface area contributed by atoms with Gasteiger partial charge in [0.05, 0.1) is 0 Å². The molecule has 1 aromatic heterocycles. The van der Waals surface area contributed by atoms with Crippen LogP contribution in [-0.2, 0) is 11.0 Å². The molecule has 0 unspecified atom stereocenters. The third-order valence-electron chi connectivity index (χ3n) is 4.34. The molecule has 26 heavy (non-hydrogen) atoms. The Morgan fingerprint density at radius 3 is 2.04 bits per heavy atom. The third-order valence-corrected chi connectivity index (χ3v) is 4.34. The minimum atomic E-state index is -4.50. The van der Waals surface area contributed by atoms with Crippen molar-refractivity contribution in [2.24, 2.45) is 0 Å². The number of rotatable bonds is 13. The number of pyridine rings is 1. The van der Waals surface area contributed by atoms with Gasteiger partial charge in [-0.1, -0.05) is 71.1 Å². The van der Waals surface area contributed by atoms with Gasteiger partial charge in [0.2, 0.25) is 5.91 Å². The Bertz CT molecular complexity index is 518. The molecule has 1 N–H and O–H groups in total. The van der Waals surface area contributed by atoms with E-state index in [1.807, 2.05) is 0 Å². The van der Waals surface area contributed by atoms with Gasteiger partial charge in [-0.3, -0.25) is 9.78 Å². The maximum absolute atomic E-state index is 12.6. The third kappa shape index (κ3) is 10.4. The summed E-state index contributed by atoms with van der Waals surface area (Å²) in [5.41, 5.74) is -0.856. The molecule has 1 amide bonds. The Balaban J connectivity index is 2.07. The zero-order valence-electron chi connectivity index (χ0n) is 15.7. The summed E-state index contributed by atoms with van der Waals surface area (Å²) in [4.78, 5) is 15.1. The lowest BCUT2D eigenvalue weighted by Gasteiger charge is -2.09. The van der Waals surface area contributed by atoms with Crippen LogP contribution in [0.3, 0.4) is 0 Å². The molecular formula is C20H31F3N2O. The van der Waals surface area contributed by atoms with E-state index in [1.165, 1.54) is 57.4 Å². The lowest BCUT2D eigenvalue weighted by atomic mass is 10.1. The van der Waals surface area contributed by atoms with Crippen LogP contribution in [0.25, 0.3) is 0 Å². The molecule has 0 aliphatic heterocycles. The van der Waals surface area contributed by atoms with E-state index in [0.717, 1.165) is 31.5 Å². The molecule has 0 bridgehead atoms. The predicted molar refractivity (Wildman–Crippen MR) is 98.9 cm³/mol. The van der Waals surface area contributed by atoms with E-state index in [2.05, 4.69) is 17.2 Å². The van der Waals surface area contributed by atoms with Crippen LogP contribution >= 0.6 is 0 Å². The number of unbranched alkanes of at least 4 members (excludes halogenated alkanes) is 10. The first-order valence-electron chi connectivity index (χ1n) is 9.76. The second-order valence-corrected chi connectivity index (χ2v) is 6.76. The highest BCUT2D eigenvalue weighted by atomic mass is 19.4. The molecule has 0 aliphatic rings. The normalized spacial score (nSPS) is 11.5. The van der Waals surface area contributed by atoms with Crippen molar-refractivity contribution in [3.8, 4) is 0 Å². The summed E-state index contributed by atoms with van der Waals surface area (Å²) >= 11 is 0. The minimum absolute atomic E-state index is 0.139. The smallest absolute Gasteiger partial charge is 0.326 e. The first kappa shape index (κ1) is 22.5. The van der Waals surface area contributed by atoms with Crippen LogP contribution in [0.5, 0.6) is 0 Å². The van der Waals surface area contributed by atoms with E-state index in [0.29, 0.717) is 6.42 Å². The quantitative estimate of drug-likeness (QED) is 0.390. The first-order valence-corrected chi connectivity index (χ1v) is 9.76. The van der Waals surface area contributed by atoms with Gasteiger partial charge in [0.1, 0.15) is 5.69 Å². The van der Waals surface area contributed by atoms with Crippen LogP contribution in [0.1, 0.15) is 89.7 Å². The highest BCUT2D eigenvalue weighted by Crippen LogP contribution is 2.28. The number of nitrogens with zero attached hydrogens (tertiary/aromatic N) is 1. The summed E-state index contributed by atoms with van der Waals surface area (Å²) < 4.78 is 37.8. The molecule has 0 aromatic carbocycles. The average Bonchev–Trinajstić information content (AvgIpc) is 2.59. The van der Waals surface area contributed by atoms with Crippen molar-refractivity contribution in [2.75, 3.05) is 5.32 Å². The average molecular weight is 372 g/mol. The Hall–Kier alpha value is -1.59. The fourth-order valence-electron chi connectivity index (χ4n) is 2.84. The van der Waals surface area contributed by atoms with Crippen LogP contribution in [0.15, 0.2) is 18.3 Å². The van der Waals surface area contributed by atoms with Crippen molar-refractivity contribution in [3.05, 3.63) is 24.0 Å². The number of carbonyl (C=O) groups is 1. The maximum Gasteiger partial charge on any atom is 0.433 e. The molecule has 0 saturated heterocycles. The van der Waals surface area contributed by atoms with Crippen molar-refractivity contribution in [3.63, 3.8) is 0 Å². The number of anilines is 1. The summed E-state index contributed by atoms with van der Waals surface area (Å²) in [5.74, 6) is -0.250. The van der Waals surface area contributed by atoms with E-state index >= 15 is 0 Å². The van der Waals surface area contributed by atoms with E-state index in [4.69, 9.17) is 0 Å². The molecular weight excluding hydrogens is 341 g/mol. The molecule has 148 valence electrons. The summed E-state index contributed by atoms with van der Waals surface area (Å²) in [7, 11) is 0. The number of hydrogen-bond acceptors (Lipinski definition) is 2. The fourth-order valence-corrected chi connectivity index (χ4v) is 2.84. The maximum atomic E-state index is 12.6. The molecule has 0 aliphatic carbocycles. The monoisotopic (exact) mass is 372 g/mol. The highest BCUT2D eigenvalue weighted by molar-refractivity contribution is 5.90. The van der Waals surface area contributed by atoms with E-state index in [1.54, 1.807) is 0 Å². The molecule has 0 radical (unpaired) electrons. The molecule has 1 rings (SSSR count). The number of hydrogen-bond donors (Lipinski definition) is 1. The molecule has 1 heterocycles. The number of halogens is 3. The Morgan fingerprint density at radius 2 is 1.50 bits per heavy atom. The van der Waals surface area contributed by atoms with Crippen molar-refractivity contribution < 1.29 is 18.0 Å². The van der Waals surface area contributed by atoms with Gasteiger partial charge >= 0.3 is 6.18 Å². The minimum Gasteiger partial charge on any atom is -0.326 e. The van der Waals surface area contributed by atoms with Crippen LogP contribution < -0.4 is 5.32 Å². The number of amides is 1. The zero-order chi connectivity index (χ0) is 19.3. The van der Waals surface area contributed by atoms with E-state index < -0.39 is 11.9 Å². The van der Waals surface area contributed by atoms with E-state index in [-0.39, 0.29) is 11.6 Å². The lowest BCUT2D eigenvalue weighted by Crippen LogP contribution is -2.13. The number of nitrogens with one attached hydrogen (secondary N) is 1. The molecule has 0 spiro atoms. The van der Waals surface area contributed by atoms with Gasteiger partial charge < -0.3 is 5.32 Å². The van der Waals surface area contributed by atoms with Gasteiger partial charge in [0.25, 0.3) is 0 Å². The predicted octanol–water partition coefficient (Wildman–Crippen LogP) is 6.74. The lowest BCUT2D eigenvalue weighted by molar-refractivity contribution is -0.141. The Morgan fingerprint density at radius 1 is 0.962 bits per heavy atom. The molecule has 0 atom stereocenters. The highest BCUT2D eigenvalue weighted by Gasteiger charge is 2.32. The Labute approximate surface area is 154 Å². The Kier molecular flexibility index (Phi) is 11.0. The number of alkyl halides is 3. The molecule has 6 heteroatoms.